The van der Waals surface area contributed by atoms with Gasteiger partial charge < -0.3 is 19.7 Å². The number of hydrazone groups is 1. The standard InChI is InChI=1S/C29H28F4N4O4/c1-40-15-14-36(28(39)34-21-12-10-20(11-13-21)29(31,32)33)18-27(38)37-26(23-8-3-4-9-24(23)30)17-25(35-37)19-6-5-7-22(16-19)41-2/h3-13,16,26H,14-15,17-18H2,1-2H3,(H,34,39). The maximum atomic E-state index is 14.9. The van der Waals surface area contributed by atoms with Crippen molar-refractivity contribution in [1.29, 1.82) is 0 Å². The fourth-order valence-electron chi connectivity index (χ4n) is 4.34. The summed E-state index contributed by atoms with van der Waals surface area (Å²) in [7, 11) is 2.95. The Labute approximate surface area is 234 Å². The Kier molecular flexibility index (Phi) is 9.23. The van der Waals surface area contributed by atoms with Crippen molar-refractivity contribution >= 4 is 23.3 Å². The van der Waals surface area contributed by atoms with Crippen LogP contribution in [0.4, 0.5) is 28.0 Å². The molecule has 3 amide bonds. The number of alkyl halides is 3. The number of ether oxygens (including phenoxy) is 2. The molecular weight excluding hydrogens is 544 g/mol. The van der Waals surface area contributed by atoms with Gasteiger partial charge in [-0.05, 0) is 42.5 Å². The molecule has 0 aromatic heterocycles. The second-order valence-electron chi connectivity index (χ2n) is 9.18. The van der Waals surface area contributed by atoms with E-state index in [0.29, 0.717) is 17.0 Å². The molecule has 12 heteroatoms. The summed E-state index contributed by atoms with van der Waals surface area (Å²) in [4.78, 5) is 27.8. The second-order valence-corrected chi connectivity index (χ2v) is 9.18. The first-order valence-corrected chi connectivity index (χ1v) is 12.6. The van der Waals surface area contributed by atoms with E-state index in [2.05, 4.69) is 10.4 Å². The van der Waals surface area contributed by atoms with Crippen LogP contribution in [0.15, 0.2) is 77.9 Å². The van der Waals surface area contributed by atoms with Crippen LogP contribution in [-0.2, 0) is 15.7 Å². The lowest BCUT2D eigenvalue weighted by Gasteiger charge is -2.27. The van der Waals surface area contributed by atoms with E-state index < -0.39 is 42.1 Å². The number of amides is 3. The lowest BCUT2D eigenvalue weighted by Crippen LogP contribution is -2.44. The molecule has 1 aliphatic rings. The molecule has 1 aliphatic heterocycles. The van der Waals surface area contributed by atoms with Gasteiger partial charge in [-0.3, -0.25) is 4.79 Å². The quantitative estimate of drug-likeness (QED) is 0.333. The average Bonchev–Trinajstić information content (AvgIpc) is 3.41. The Morgan fingerprint density at radius 3 is 2.44 bits per heavy atom. The smallest absolute Gasteiger partial charge is 0.416 e. The molecule has 0 radical (unpaired) electrons. The lowest BCUT2D eigenvalue weighted by molar-refractivity contribution is -0.137. The highest BCUT2D eigenvalue weighted by Gasteiger charge is 2.36. The predicted octanol–water partition coefficient (Wildman–Crippen LogP) is 5.71. The summed E-state index contributed by atoms with van der Waals surface area (Å²) in [5.74, 6) is -0.508. The minimum absolute atomic E-state index is 0.000627. The highest BCUT2D eigenvalue weighted by atomic mass is 19.4. The van der Waals surface area contributed by atoms with Crippen molar-refractivity contribution in [2.75, 3.05) is 39.2 Å². The summed E-state index contributed by atoms with van der Waals surface area (Å²) >= 11 is 0. The second kappa shape index (κ2) is 12.8. The van der Waals surface area contributed by atoms with E-state index in [9.17, 15) is 27.2 Å². The first-order valence-electron chi connectivity index (χ1n) is 12.6. The number of hydrogen-bond donors (Lipinski definition) is 1. The molecule has 1 atom stereocenters. The summed E-state index contributed by atoms with van der Waals surface area (Å²) < 4.78 is 63.9. The maximum absolute atomic E-state index is 14.9. The maximum Gasteiger partial charge on any atom is 0.416 e. The molecule has 41 heavy (non-hydrogen) atoms. The topological polar surface area (TPSA) is 83.5 Å². The van der Waals surface area contributed by atoms with Crippen molar-refractivity contribution in [2.24, 2.45) is 5.10 Å². The van der Waals surface area contributed by atoms with Crippen LogP contribution >= 0.6 is 0 Å². The minimum Gasteiger partial charge on any atom is -0.497 e. The largest absolute Gasteiger partial charge is 0.497 e. The lowest BCUT2D eigenvalue weighted by atomic mass is 9.98. The fourth-order valence-corrected chi connectivity index (χ4v) is 4.34. The van der Waals surface area contributed by atoms with Gasteiger partial charge in [0.1, 0.15) is 18.1 Å². The molecule has 216 valence electrons. The molecule has 0 spiro atoms. The van der Waals surface area contributed by atoms with E-state index >= 15 is 0 Å². The van der Waals surface area contributed by atoms with Crippen LogP contribution in [0, 0.1) is 5.82 Å². The van der Waals surface area contributed by atoms with Crippen LogP contribution in [0.25, 0.3) is 0 Å². The van der Waals surface area contributed by atoms with Crippen molar-refractivity contribution in [1.82, 2.24) is 9.91 Å². The van der Waals surface area contributed by atoms with Crippen molar-refractivity contribution in [3.05, 3.63) is 95.3 Å². The number of nitrogens with zero attached hydrogens (tertiary/aromatic N) is 3. The number of carbonyl (C=O) groups excluding carboxylic acids is 2. The van der Waals surface area contributed by atoms with Gasteiger partial charge in [0.25, 0.3) is 5.91 Å². The van der Waals surface area contributed by atoms with Crippen molar-refractivity contribution < 1.29 is 36.6 Å². The first kappa shape index (κ1) is 29.5. The number of anilines is 1. The molecule has 0 aliphatic carbocycles. The summed E-state index contributed by atoms with van der Waals surface area (Å²) in [6.07, 6.45) is -4.30. The number of methoxy groups -OCH3 is 2. The number of urea groups is 1. The number of hydrogen-bond acceptors (Lipinski definition) is 5. The van der Waals surface area contributed by atoms with Crippen molar-refractivity contribution in [3.63, 3.8) is 0 Å². The molecule has 0 saturated heterocycles. The van der Waals surface area contributed by atoms with Gasteiger partial charge in [0, 0.05) is 36.9 Å². The average molecular weight is 573 g/mol. The summed E-state index contributed by atoms with van der Waals surface area (Å²) in [5, 5.41) is 8.20. The molecule has 1 heterocycles. The van der Waals surface area contributed by atoms with Gasteiger partial charge in [-0.25, -0.2) is 14.2 Å². The summed E-state index contributed by atoms with van der Waals surface area (Å²) in [6.45, 7) is -0.363. The van der Waals surface area contributed by atoms with E-state index in [4.69, 9.17) is 9.47 Å². The Morgan fingerprint density at radius 2 is 1.78 bits per heavy atom. The Hall–Kier alpha value is -4.45. The van der Waals surface area contributed by atoms with Crippen LogP contribution in [0.1, 0.15) is 29.2 Å². The van der Waals surface area contributed by atoms with Crippen LogP contribution in [0.3, 0.4) is 0 Å². The normalized spacial score (nSPS) is 14.9. The summed E-state index contributed by atoms with van der Waals surface area (Å²) in [6, 6.07) is 15.6. The van der Waals surface area contributed by atoms with Crippen LogP contribution in [0.5, 0.6) is 5.75 Å². The Bertz CT molecular complexity index is 1410. The molecule has 1 N–H and O–H groups in total. The Morgan fingerprint density at radius 1 is 1.05 bits per heavy atom. The van der Waals surface area contributed by atoms with Gasteiger partial charge in [-0.1, -0.05) is 30.3 Å². The zero-order chi connectivity index (χ0) is 29.6. The van der Waals surface area contributed by atoms with E-state index in [-0.39, 0.29) is 30.8 Å². The van der Waals surface area contributed by atoms with Crippen LogP contribution in [-0.4, -0.2) is 61.5 Å². The van der Waals surface area contributed by atoms with E-state index in [1.165, 1.54) is 25.3 Å². The molecule has 3 aromatic carbocycles. The number of carbonyl (C=O) groups is 2. The fraction of sp³-hybridized carbons (Fsp3) is 0.276. The van der Waals surface area contributed by atoms with Crippen molar-refractivity contribution in [2.45, 2.75) is 18.6 Å². The van der Waals surface area contributed by atoms with Gasteiger partial charge in [0.2, 0.25) is 0 Å². The molecule has 0 bridgehead atoms. The number of rotatable bonds is 9. The van der Waals surface area contributed by atoms with Gasteiger partial charge in [-0.2, -0.15) is 18.3 Å². The number of nitrogens with one attached hydrogen (secondary N) is 1. The molecule has 4 rings (SSSR count). The first-order chi connectivity index (χ1) is 19.6. The highest BCUT2D eigenvalue weighted by molar-refractivity contribution is 6.03. The van der Waals surface area contributed by atoms with E-state index in [1.54, 1.807) is 42.5 Å². The molecule has 1 unspecified atom stereocenters. The van der Waals surface area contributed by atoms with Gasteiger partial charge in [0.15, 0.2) is 0 Å². The number of halogens is 4. The predicted molar refractivity (Wildman–Crippen MR) is 144 cm³/mol. The van der Waals surface area contributed by atoms with Crippen molar-refractivity contribution in [3.8, 4) is 5.75 Å². The molecule has 0 saturated carbocycles. The Balaban J connectivity index is 1.58. The van der Waals surface area contributed by atoms with Crippen LogP contribution in [0.2, 0.25) is 0 Å². The van der Waals surface area contributed by atoms with Gasteiger partial charge in [-0.15, -0.1) is 0 Å². The zero-order valence-corrected chi connectivity index (χ0v) is 22.3. The molecule has 8 nitrogen and oxygen atoms in total. The third-order valence-corrected chi connectivity index (χ3v) is 6.48. The molecular formula is C29H28F4N4O4. The molecule has 3 aromatic rings. The van der Waals surface area contributed by atoms with E-state index in [1.807, 2.05) is 0 Å². The minimum atomic E-state index is -4.52. The van der Waals surface area contributed by atoms with Gasteiger partial charge >= 0.3 is 12.2 Å². The number of benzene rings is 3. The SMILES string of the molecule is COCCN(CC(=O)N1N=C(c2cccc(OC)c2)CC1c1ccccc1F)C(=O)Nc1ccc(C(F)(F)F)cc1. The third-order valence-electron chi connectivity index (χ3n) is 6.48. The van der Waals surface area contributed by atoms with Crippen LogP contribution < -0.4 is 10.1 Å². The summed E-state index contributed by atoms with van der Waals surface area (Å²) in [5.41, 5.74) is 0.738. The van der Waals surface area contributed by atoms with Gasteiger partial charge in [0.05, 0.1) is 31.0 Å². The molecule has 0 fully saturated rings. The highest BCUT2D eigenvalue weighted by Crippen LogP contribution is 2.35. The third kappa shape index (κ3) is 7.20. The zero-order valence-electron chi connectivity index (χ0n) is 22.3. The monoisotopic (exact) mass is 572 g/mol. The van der Waals surface area contributed by atoms with E-state index in [0.717, 1.165) is 29.2 Å².